The Balaban J connectivity index is 0.00000289. The Bertz CT molecular complexity index is 1620. The van der Waals surface area contributed by atoms with Gasteiger partial charge < -0.3 is 0 Å². The summed E-state index contributed by atoms with van der Waals surface area (Å²) in [7, 11) is -2.51. The van der Waals surface area contributed by atoms with E-state index in [-0.39, 0.29) is 17.0 Å². The monoisotopic (exact) mass is 601 g/mol. The molecule has 3 heteroatoms. The van der Waals surface area contributed by atoms with Gasteiger partial charge in [0.05, 0.1) is 0 Å². The van der Waals surface area contributed by atoms with Gasteiger partial charge in [0.15, 0.2) is 0 Å². The van der Waals surface area contributed by atoms with E-state index >= 15 is 0 Å². The molecule has 0 amide bonds. The maximum absolute atomic E-state index is 5.41. The van der Waals surface area contributed by atoms with Gasteiger partial charge in [-0.2, -0.15) is 0 Å². The van der Waals surface area contributed by atoms with Crippen LogP contribution in [0.1, 0.15) is 30.0 Å². The fraction of sp³-hybridized carbons (Fsp3) is 0.108. The van der Waals surface area contributed by atoms with Crippen molar-refractivity contribution in [2.75, 3.05) is 0 Å². The Kier molecular flexibility index (Phi) is 7.65. The molecule has 1 heterocycles. The molecular weight excluding hydrogens is 569 g/mol. The van der Waals surface area contributed by atoms with Crippen LogP contribution in [-0.4, -0.2) is 4.98 Å². The van der Waals surface area contributed by atoms with Gasteiger partial charge in [0.1, 0.15) is 0 Å². The Labute approximate surface area is 248 Å². The van der Waals surface area contributed by atoms with Crippen molar-refractivity contribution in [2.24, 2.45) is 0 Å². The van der Waals surface area contributed by atoms with E-state index in [1.165, 1.54) is 56.5 Å². The number of aromatic nitrogens is 1. The molecule has 0 atom stereocenters. The van der Waals surface area contributed by atoms with E-state index in [0.717, 1.165) is 11.7 Å². The van der Waals surface area contributed by atoms with E-state index < -0.39 is 7.26 Å². The van der Waals surface area contributed by atoms with E-state index in [1.807, 2.05) is 0 Å². The summed E-state index contributed by atoms with van der Waals surface area (Å²) in [6.45, 7) is 0. The molecular formula is C37H33BrNP. The molecule has 7 rings (SSSR count). The molecule has 6 aromatic rings. The minimum atomic E-state index is -2.51. The summed E-state index contributed by atoms with van der Waals surface area (Å²) in [5.41, 5.74) is 6.50. The quantitative estimate of drug-likeness (QED) is 0.167. The van der Waals surface area contributed by atoms with Crippen LogP contribution in [0, 0.1) is 0 Å². The van der Waals surface area contributed by atoms with Crippen LogP contribution in [0.4, 0.5) is 0 Å². The summed E-state index contributed by atoms with van der Waals surface area (Å²) in [5.74, 6) is 0.543. The van der Waals surface area contributed by atoms with Gasteiger partial charge in [0, 0.05) is 0 Å². The SMILES string of the molecule is Br.c1ccc(-c2c(C[PH](c3ccccc3)(c3ccccc3)c3ccccc3)c(C3CC3)nc3ccccc23)cc1. The number of pyridine rings is 1. The van der Waals surface area contributed by atoms with Gasteiger partial charge in [-0.15, -0.1) is 17.0 Å². The van der Waals surface area contributed by atoms with Gasteiger partial charge in [-0.3, -0.25) is 0 Å². The van der Waals surface area contributed by atoms with Crippen LogP contribution in [0.3, 0.4) is 0 Å². The van der Waals surface area contributed by atoms with Crippen molar-refractivity contribution in [3.8, 4) is 11.1 Å². The molecule has 0 N–H and O–H groups in total. The number of para-hydroxylation sites is 1. The topological polar surface area (TPSA) is 12.9 Å². The fourth-order valence-electron chi connectivity index (χ4n) is 6.32. The Morgan fingerprint density at radius 3 is 1.50 bits per heavy atom. The van der Waals surface area contributed by atoms with Crippen LogP contribution in [0.2, 0.25) is 0 Å². The van der Waals surface area contributed by atoms with E-state index in [4.69, 9.17) is 4.98 Å². The minimum absolute atomic E-state index is 0. The van der Waals surface area contributed by atoms with Crippen LogP contribution >= 0.6 is 24.2 Å². The number of nitrogens with zero attached hydrogens (tertiary/aromatic N) is 1. The second kappa shape index (κ2) is 11.5. The molecule has 40 heavy (non-hydrogen) atoms. The van der Waals surface area contributed by atoms with Crippen molar-refractivity contribution in [2.45, 2.75) is 24.9 Å². The average Bonchev–Trinajstić information content (AvgIpc) is 3.87. The number of benzene rings is 5. The molecule has 0 saturated heterocycles. The number of halogens is 1. The van der Waals surface area contributed by atoms with Crippen molar-refractivity contribution >= 4 is 51.1 Å². The molecule has 1 nitrogen and oxygen atoms in total. The van der Waals surface area contributed by atoms with Crippen molar-refractivity contribution in [1.82, 2.24) is 4.98 Å². The third-order valence-electron chi connectivity index (χ3n) is 8.29. The normalized spacial score (nSPS) is 13.5. The molecule has 0 bridgehead atoms. The molecule has 1 aromatic heterocycles. The summed E-state index contributed by atoms with van der Waals surface area (Å²) in [4.78, 5) is 5.41. The Morgan fingerprint density at radius 1 is 0.550 bits per heavy atom. The molecule has 0 unspecified atom stereocenters. The Hall–Kier alpha value is -3.58. The average molecular weight is 603 g/mol. The van der Waals surface area contributed by atoms with Crippen LogP contribution in [0.5, 0.6) is 0 Å². The fourth-order valence-corrected chi connectivity index (χ4v) is 11.1. The second-order valence-electron chi connectivity index (χ2n) is 10.7. The predicted molar refractivity (Wildman–Crippen MR) is 180 cm³/mol. The molecule has 198 valence electrons. The molecule has 1 aliphatic carbocycles. The third-order valence-corrected chi connectivity index (χ3v) is 13.1. The predicted octanol–water partition coefficient (Wildman–Crippen LogP) is 8.58. The number of rotatable bonds is 7. The van der Waals surface area contributed by atoms with Crippen molar-refractivity contribution < 1.29 is 0 Å². The van der Waals surface area contributed by atoms with Gasteiger partial charge in [0.2, 0.25) is 0 Å². The van der Waals surface area contributed by atoms with E-state index in [0.29, 0.717) is 5.92 Å². The van der Waals surface area contributed by atoms with Gasteiger partial charge in [-0.1, -0.05) is 0 Å². The summed E-state index contributed by atoms with van der Waals surface area (Å²) in [5, 5.41) is 5.57. The first-order valence-electron chi connectivity index (χ1n) is 14.0. The van der Waals surface area contributed by atoms with Gasteiger partial charge in [-0.25, -0.2) is 0 Å². The zero-order valence-electron chi connectivity index (χ0n) is 22.4. The zero-order valence-corrected chi connectivity index (χ0v) is 25.1. The van der Waals surface area contributed by atoms with Crippen LogP contribution < -0.4 is 15.9 Å². The number of fused-ring (bicyclic) bond motifs is 1. The first-order chi connectivity index (χ1) is 19.3. The summed E-state index contributed by atoms with van der Waals surface area (Å²) in [6, 6.07) is 53.6. The zero-order chi connectivity index (χ0) is 26.1. The first kappa shape index (κ1) is 26.6. The summed E-state index contributed by atoms with van der Waals surface area (Å²) >= 11 is 0. The second-order valence-corrected chi connectivity index (χ2v) is 14.6. The molecule has 0 radical (unpaired) electrons. The molecule has 1 fully saturated rings. The van der Waals surface area contributed by atoms with E-state index in [9.17, 15) is 0 Å². The van der Waals surface area contributed by atoms with Crippen LogP contribution in [-0.2, 0) is 6.16 Å². The van der Waals surface area contributed by atoms with Crippen molar-refractivity contribution in [3.05, 3.63) is 157 Å². The van der Waals surface area contributed by atoms with Crippen molar-refractivity contribution in [3.63, 3.8) is 0 Å². The molecule has 1 saturated carbocycles. The summed E-state index contributed by atoms with van der Waals surface area (Å²) < 4.78 is 0. The van der Waals surface area contributed by atoms with Gasteiger partial charge >= 0.3 is 232 Å². The van der Waals surface area contributed by atoms with Crippen LogP contribution in [0.25, 0.3) is 22.0 Å². The standard InChI is InChI=1S/C37H32NP.BrH/c1-5-15-28(16-6-1)36-33-23-13-14-24-35(33)38-37(29-25-26-29)34(36)27-39(30-17-7-2-8-18-30,31-19-9-3-10-20-31)32-21-11-4-12-22-32;/h1-24,29,39H,25-27H2;1H. The molecule has 1 aliphatic rings. The van der Waals surface area contributed by atoms with Gasteiger partial charge in [0.25, 0.3) is 0 Å². The number of hydrogen-bond acceptors (Lipinski definition) is 1. The number of hydrogen-bond donors (Lipinski definition) is 0. The summed E-state index contributed by atoms with van der Waals surface area (Å²) in [6.07, 6.45) is 3.42. The third kappa shape index (κ3) is 4.81. The van der Waals surface area contributed by atoms with E-state index in [2.05, 4.69) is 146 Å². The van der Waals surface area contributed by atoms with Crippen LogP contribution in [0.15, 0.2) is 146 Å². The molecule has 0 spiro atoms. The van der Waals surface area contributed by atoms with E-state index in [1.54, 1.807) is 0 Å². The molecule has 5 aromatic carbocycles. The first-order valence-corrected chi connectivity index (χ1v) is 16.2. The Morgan fingerprint density at radius 2 is 1.00 bits per heavy atom. The van der Waals surface area contributed by atoms with Crippen molar-refractivity contribution in [1.29, 1.82) is 0 Å². The van der Waals surface area contributed by atoms with Gasteiger partial charge in [-0.05, 0) is 0 Å². The molecule has 0 aliphatic heterocycles. The maximum atomic E-state index is 5.41.